The topological polar surface area (TPSA) is 64.9 Å². The highest BCUT2D eigenvalue weighted by Crippen LogP contribution is 2.12. The van der Waals surface area contributed by atoms with Crippen molar-refractivity contribution in [2.24, 2.45) is 0 Å². The molecule has 2 aromatic carbocycles. The first kappa shape index (κ1) is 13.6. The number of rotatable bonds is 4. The van der Waals surface area contributed by atoms with Crippen LogP contribution in [0.15, 0.2) is 48.5 Å². The molecule has 0 aromatic heterocycles. The van der Waals surface area contributed by atoms with Gasteiger partial charge in [0.2, 0.25) is 0 Å². The average Bonchev–Trinajstić information content (AvgIpc) is 2.53. The van der Waals surface area contributed by atoms with Gasteiger partial charge in [0.25, 0.3) is 5.91 Å². The van der Waals surface area contributed by atoms with Crippen LogP contribution in [0.1, 0.15) is 21.5 Å². The van der Waals surface area contributed by atoms with E-state index in [1.807, 2.05) is 24.3 Å². The van der Waals surface area contributed by atoms with Gasteiger partial charge in [0.1, 0.15) is 0 Å². The lowest BCUT2D eigenvalue weighted by molar-refractivity contribution is 0.0963. The van der Waals surface area contributed by atoms with Crippen LogP contribution in [-0.2, 0) is 6.54 Å². The van der Waals surface area contributed by atoms with Crippen molar-refractivity contribution in [1.29, 1.82) is 5.26 Å². The maximum Gasteiger partial charge on any atom is 0.251 e. The predicted molar refractivity (Wildman–Crippen MR) is 78.3 cm³/mol. The Bertz CT molecular complexity index is 642. The largest absolute Gasteiger partial charge is 0.381 e. The summed E-state index contributed by atoms with van der Waals surface area (Å²) < 4.78 is 0. The third-order valence-corrected chi connectivity index (χ3v) is 2.93. The van der Waals surface area contributed by atoms with E-state index in [2.05, 4.69) is 16.7 Å². The Labute approximate surface area is 118 Å². The molecule has 0 aliphatic rings. The number of carbonyl (C=O) groups is 1. The minimum absolute atomic E-state index is 0.0915. The molecule has 2 aromatic rings. The minimum atomic E-state index is -0.0915. The quantitative estimate of drug-likeness (QED) is 0.892. The van der Waals surface area contributed by atoms with E-state index in [0.717, 1.165) is 11.3 Å². The molecule has 2 N–H and O–H groups in total. The summed E-state index contributed by atoms with van der Waals surface area (Å²) in [7, 11) is 1.61. The number of carbonyl (C=O) groups excluding carboxylic acids is 1. The third kappa shape index (κ3) is 3.36. The SMILES string of the molecule is CNC(=O)c1ccc(CNc2cccc(C#N)c2)cc1. The molecule has 0 heterocycles. The molecule has 4 heteroatoms. The summed E-state index contributed by atoms with van der Waals surface area (Å²) in [6.45, 7) is 0.642. The van der Waals surface area contributed by atoms with Crippen LogP contribution in [0.2, 0.25) is 0 Å². The molecule has 0 aliphatic heterocycles. The molecule has 0 fully saturated rings. The molecule has 0 saturated carbocycles. The summed E-state index contributed by atoms with van der Waals surface area (Å²) in [5, 5.41) is 14.7. The molecule has 100 valence electrons. The second kappa shape index (κ2) is 6.39. The molecule has 0 bridgehead atoms. The zero-order valence-electron chi connectivity index (χ0n) is 11.2. The van der Waals surface area contributed by atoms with E-state index in [-0.39, 0.29) is 5.91 Å². The molecular weight excluding hydrogens is 250 g/mol. The highest BCUT2D eigenvalue weighted by molar-refractivity contribution is 5.93. The van der Waals surface area contributed by atoms with E-state index in [4.69, 9.17) is 5.26 Å². The van der Waals surface area contributed by atoms with Crippen molar-refractivity contribution in [3.05, 3.63) is 65.2 Å². The summed E-state index contributed by atoms with van der Waals surface area (Å²) in [6.07, 6.45) is 0. The normalized spacial score (nSPS) is 9.60. The number of benzene rings is 2. The lowest BCUT2D eigenvalue weighted by Gasteiger charge is -2.07. The van der Waals surface area contributed by atoms with Crippen LogP contribution in [0.5, 0.6) is 0 Å². The van der Waals surface area contributed by atoms with E-state index in [1.54, 1.807) is 31.3 Å². The molecule has 0 atom stereocenters. The van der Waals surface area contributed by atoms with Gasteiger partial charge in [-0.25, -0.2) is 0 Å². The number of nitriles is 1. The molecule has 0 unspecified atom stereocenters. The van der Waals surface area contributed by atoms with Gasteiger partial charge in [0.05, 0.1) is 11.6 Å². The van der Waals surface area contributed by atoms with Crippen LogP contribution in [-0.4, -0.2) is 13.0 Å². The first-order chi connectivity index (χ1) is 9.72. The molecule has 0 spiro atoms. The standard InChI is InChI=1S/C16H15N3O/c1-18-16(20)14-7-5-12(6-8-14)11-19-15-4-2-3-13(9-15)10-17/h2-9,19H,11H2,1H3,(H,18,20). The first-order valence-electron chi connectivity index (χ1n) is 6.28. The average molecular weight is 265 g/mol. The second-order valence-corrected chi connectivity index (χ2v) is 4.32. The second-order valence-electron chi connectivity index (χ2n) is 4.32. The Kier molecular flexibility index (Phi) is 4.35. The molecule has 2 rings (SSSR count). The van der Waals surface area contributed by atoms with Crippen molar-refractivity contribution < 1.29 is 4.79 Å². The van der Waals surface area contributed by atoms with Crippen molar-refractivity contribution in [3.63, 3.8) is 0 Å². The van der Waals surface area contributed by atoms with Crippen molar-refractivity contribution in [1.82, 2.24) is 5.32 Å². The van der Waals surface area contributed by atoms with Crippen molar-refractivity contribution in [2.45, 2.75) is 6.54 Å². The summed E-state index contributed by atoms with van der Waals surface area (Å²) in [4.78, 5) is 11.4. The van der Waals surface area contributed by atoms with E-state index >= 15 is 0 Å². The monoisotopic (exact) mass is 265 g/mol. The van der Waals surface area contributed by atoms with Crippen LogP contribution < -0.4 is 10.6 Å². The van der Waals surface area contributed by atoms with Crippen molar-refractivity contribution in [3.8, 4) is 6.07 Å². The van der Waals surface area contributed by atoms with Gasteiger partial charge in [-0.2, -0.15) is 5.26 Å². The Morgan fingerprint density at radius 1 is 1.20 bits per heavy atom. The van der Waals surface area contributed by atoms with Gasteiger partial charge in [-0.1, -0.05) is 18.2 Å². The van der Waals surface area contributed by atoms with Crippen LogP contribution in [0, 0.1) is 11.3 Å². The number of nitrogens with one attached hydrogen (secondary N) is 2. The van der Waals surface area contributed by atoms with Crippen LogP contribution >= 0.6 is 0 Å². The van der Waals surface area contributed by atoms with E-state index in [1.165, 1.54) is 0 Å². The number of anilines is 1. The fourth-order valence-electron chi connectivity index (χ4n) is 1.82. The van der Waals surface area contributed by atoms with Gasteiger partial charge >= 0.3 is 0 Å². The summed E-state index contributed by atoms with van der Waals surface area (Å²) in [5.41, 5.74) is 3.24. The zero-order chi connectivity index (χ0) is 14.4. The Morgan fingerprint density at radius 3 is 2.60 bits per heavy atom. The fraction of sp³-hybridized carbons (Fsp3) is 0.125. The van der Waals surface area contributed by atoms with Crippen LogP contribution in [0.3, 0.4) is 0 Å². The van der Waals surface area contributed by atoms with Gasteiger partial charge in [-0.3, -0.25) is 4.79 Å². The van der Waals surface area contributed by atoms with E-state index in [9.17, 15) is 4.79 Å². The molecule has 0 aliphatic carbocycles. The van der Waals surface area contributed by atoms with Gasteiger partial charge in [0, 0.05) is 24.8 Å². The smallest absolute Gasteiger partial charge is 0.251 e. The van der Waals surface area contributed by atoms with E-state index < -0.39 is 0 Å². The third-order valence-electron chi connectivity index (χ3n) is 2.93. The number of hydrogen-bond acceptors (Lipinski definition) is 3. The molecule has 0 radical (unpaired) electrons. The fourth-order valence-corrected chi connectivity index (χ4v) is 1.82. The molecule has 20 heavy (non-hydrogen) atoms. The minimum Gasteiger partial charge on any atom is -0.381 e. The van der Waals surface area contributed by atoms with Gasteiger partial charge < -0.3 is 10.6 Å². The van der Waals surface area contributed by atoms with Gasteiger partial charge in [-0.15, -0.1) is 0 Å². The number of nitrogens with zero attached hydrogens (tertiary/aromatic N) is 1. The lowest BCUT2D eigenvalue weighted by Crippen LogP contribution is -2.17. The van der Waals surface area contributed by atoms with Crippen molar-refractivity contribution in [2.75, 3.05) is 12.4 Å². The number of amides is 1. The molecule has 0 saturated heterocycles. The Balaban J connectivity index is 2.00. The van der Waals surface area contributed by atoms with Gasteiger partial charge in [-0.05, 0) is 35.9 Å². The summed E-state index contributed by atoms with van der Waals surface area (Å²) >= 11 is 0. The Hall–Kier alpha value is -2.80. The molecule has 1 amide bonds. The van der Waals surface area contributed by atoms with Gasteiger partial charge in [0.15, 0.2) is 0 Å². The zero-order valence-corrected chi connectivity index (χ0v) is 11.2. The molecular formula is C16H15N3O. The lowest BCUT2D eigenvalue weighted by atomic mass is 10.1. The van der Waals surface area contributed by atoms with Crippen molar-refractivity contribution >= 4 is 11.6 Å². The Morgan fingerprint density at radius 2 is 1.95 bits per heavy atom. The first-order valence-corrected chi connectivity index (χ1v) is 6.28. The summed E-state index contributed by atoms with van der Waals surface area (Å²) in [5.74, 6) is -0.0915. The van der Waals surface area contributed by atoms with E-state index in [0.29, 0.717) is 17.7 Å². The summed E-state index contributed by atoms with van der Waals surface area (Å²) in [6, 6.07) is 16.8. The highest BCUT2D eigenvalue weighted by Gasteiger charge is 2.02. The van der Waals surface area contributed by atoms with Crippen LogP contribution in [0.4, 0.5) is 5.69 Å². The maximum atomic E-state index is 11.4. The maximum absolute atomic E-state index is 11.4. The van der Waals surface area contributed by atoms with Crippen LogP contribution in [0.25, 0.3) is 0 Å². The number of hydrogen-bond donors (Lipinski definition) is 2. The predicted octanol–water partition coefficient (Wildman–Crippen LogP) is 2.53. The molecule has 4 nitrogen and oxygen atoms in total. The highest BCUT2D eigenvalue weighted by atomic mass is 16.1.